The van der Waals surface area contributed by atoms with Gasteiger partial charge in [0.15, 0.2) is 0 Å². The molecular weight excluding hydrogens is 340 g/mol. The first-order valence-corrected chi connectivity index (χ1v) is 8.65. The highest BCUT2D eigenvalue weighted by Crippen LogP contribution is 2.28. The Hall–Kier alpha value is -3.61. The lowest BCUT2D eigenvalue weighted by atomic mass is 9.88. The lowest BCUT2D eigenvalue weighted by molar-refractivity contribution is -0.118. The molecule has 27 heavy (non-hydrogen) atoms. The van der Waals surface area contributed by atoms with Gasteiger partial charge in [-0.05, 0) is 52.9 Å². The van der Waals surface area contributed by atoms with Crippen LogP contribution in [0.5, 0.6) is 0 Å². The lowest BCUT2D eigenvalue weighted by Crippen LogP contribution is -2.17. The van der Waals surface area contributed by atoms with E-state index in [1.165, 1.54) is 0 Å². The van der Waals surface area contributed by atoms with Gasteiger partial charge in [-0.1, -0.05) is 30.3 Å². The number of primary amides is 1. The molecule has 2 aromatic carbocycles. The summed E-state index contributed by atoms with van der Waals surface area (Å²) in [4.78, 5) is 16.0. The summed E-state index contributed by atoms with van der Waals surface area (Å²) in [6.45, 7) is 0. The maximum atomic E-state index is 11.7. The number of H-pyrrole nitrogens is 1. The molecule has 0 radical (unpaired) electrons. The van der Waals surface area contributed by atoms with Crippen molar-refractivity contribution in [3.63, 3.8) is 0 Å². The minimum Gasteiger partial charge on any atom is -0.370 e. The standard InChI is InChI=1S/C20H18N6O/c21-19(27)12-17(10-13-6-7-18-15(9-13)5-2-8-22-18)14-3-1-4-16(11-14)20-23-25-26-24-20/h1-9,11,17H,10,12H2,(H2,21,27)(H,23,24,25,26). The Bertz CT molecular complexity index is 1080. The minimum atomic E-state index is -0.326. The average molecular weight is 358 g/mol. The van der Waals surface area contributed by atoms with Crippen LogP contribution in [0, 0.1) is 0 Å². The molecule has 1 atom stereocenters. The number of pyridine rings is 1. The first kappa shape index (κ1) is 16.8. The molecule has 4 aromatic rings. The van der Waals surface area contributed by atoms with E-state index in [1.54, 1.807) is 6.20 Å². The zero-order valence-electron chi connectivity index (χ0n) is 14.5. The zero-order valence-corrected chi connectivity index (χ0v) is 14.5. The summed E-state index contributed by atoms with van der Waals surface area (Å²) in [6, 6.07) is 17.9. The van der Waals surface area contributed by atoms with Crippen molar-refractivity contribution < 1.29 is 4.79 Å². The normalized spacial score (nSPS) is 12.1. The van der Waals surface area contributed by atoms with Crippen LogP contribution in [-0.4, -0.2) is 31.5 Å². The van der Waals surface area contributed by atoms with E-state index in [2.05, 4.69) is 31.7 Å². The van der Waals surface area contributed by atoms with Gasteiger partial charge in [0.25, 0.3) is 0 Å². The van der Waals surface area contributed by atoms with Gasteiger partial charge in [0.05, 0.1) is 5.52 Å². The topological polar surface area (TPSA) is 110 Å². The van der Waals surface area contributed by atoms with Crippen molar-refractivity contribution in [2.75, 3.05) is 0 Å². The summed E-state index contributed by atoms with van der Waals surface area (Å²) >= 11 is 0. The maximum Gasteiger partial charge on any atom is 0.218 e. The number of benzene rings is 2. The average Bonchev–Trinajstić information content (AvgIpc) is 3.22. The number of fused-ring (bicyclic) bond motifs is 1. The number of aromatic nitrogens is 5. The van der Waals surface area contributed by atoms with Gasteiger partial charge >= 0.3 is 0 Å². The summed E-state index contributed by atoms with van der Waals surface area (Å²) in [7, 11) is 0. The van der Waals surface area contributed by atoms with E-state index in [0.29, 0.717) is 12.2 Å². The van der Waals surface area contributed by atoms with Gasteiger partial charge in [-0.3, -0.25) is 9.78 Å². The molecule has 0 aliphatic rings. The van der Waals surface area contributed by atoms with Gasteiger partial charge in [-0.25, -0.2) is 0 Å². The number of tetrazole rings is 1. The molecular formula is C20H18N6O. The highest BCUT2D eigenvalue weighted by Gasteiger charge is 2.17. The van der Waals surface area contributed by atoms with Gasteiger partial charge in [0.2, 0.25) is 11.7 Å². The van der Waals surface area contributed by atoms with E-state index in [9.17, 15) is 4.79 Å². The third-order valence-corrected chi connectivity index (χ3v) is 4.56. The van der Waals surface area contributed by atoms with Crippen molar-refractivity contribution in [3.05, 3.63) is 71.9 Å². The number of carbonyl (C=O) groups is 1. The van der Waals surface area contributed by atoms with E-state index in [4.69, 9.17) is 5.73 Å². The van der Waals surface area contributed by atoms with Gasteiger partial charge in [0, 0.05) is 23.6 Å². The Balaban J connectivity index is 1.66. The van der Waals surface area contributed by atoms with Gasteiger partial charge in [-0.15, -0.1) is 10.2 Å². The Kier molecular flexibility index (Phi) is 4.57. The second-order valence-electron chi connectivity index (χ2n) is 6.46. The molecule has 2 heterocycles. The first-order valence-electron chi connectivity index (χ1n) is 8.65. The van der Waals surface area contributed by atoms with Crippen molar-refractivity contribution in [1.29, 1.82) is 0 Å². The Morgan fingerprint density at radius 1 is 1.11 bits per heavy atom. The predicted molar refractivity (Wildman–Crippen MR) is 102 cm³/mol. The van der Waals surface area contributed by atoms with Crippen LogP contribution < -0.4 is 5.73 Å². The first-order chi connectivity index (χ1) is 13.2. The van der Waals surface area contributed by atoms with Gasteiger partial charge < -0.3 is 5.73 Å². The fourth-order valence-corrected chi connectivity index (χ4v) is 3.30. The van der Waals surface area contributed by atoms with Crippen molar-refractivity contribution in [3.8, 4) is 11.4 Å². The Morgan fingerprint density at radius 3 is 2.85 bits per heavy atom. The van der Waals surface area contributed by atoms with Crippen LogP contribution in [0.2, 0.25) is 0 Å². The molecule has 2 aromatic heterocycles. The Labute approximate surface area is 155 Å². The third kappa shape index (κ3) is 3.82. The number of nitrogens with two attached hydrogens (primary N) is 1. The van der Waals surface area contributed by atoms with E-state index >= 15 is 0 Å². The number of rotatable bonds is 6. The van der Waals surface area contributed by atoms with E-state index in [1.807, 2.05) is 48.5 Å². The minimum absolute atomic E-state index is 0.0385. The fourth-order valence-electron chi connectivity index (χ4n) is 3.30. The summed E-state index contributed by atoms with van der Waals surface area (Å²) in [6.07, 6.45) is 2.74. The number of amides is 1. The van der Waals surface area contributed by atoms with Gasteiger partial charge in [-0.2, -0.15) is 5.21 Å². The van der Waals surface area contributed by atoms with Crippen molar-refractivity contribution in [2.24, 2.45) is 5.73 Å². The highest BCUT2D eigenvalue weighted by atomic mass is 16.1. The molecule has 0 aliphatic heterocycles. The molecule has 3 N–H and O–H groups in total. The number of nitrogens with one attached hydrogen (secondary N) is 1. The van der Waals surface area contributed by atoms with Crippen LogP contribution >= 0.6 is 0 Å². The molecule has 7 nitrogen and oxygen atoms in total. The quantitative estimate of drug-likeness (QED) is 0.550. The van der Waals surface area contributed by atoms with Crippen LogP contribution in [0.4, 0.5) is 0 Å². The molecule has 7 heteroatoms. The molecule has 0 saturated carbocycles. The molecule has 134 valence electrons. The van der Waals surface area contributed by atoms with Crippen LogP contribution in [-0.2, 0) is 11.2 Å². The second kappa shape index (κ2) is 7.33. The number of nitrogens with zero attached hydrogens (tertiary/aromatic N) is 4. The van der Waals surface area contributed by atoms with Gasteiger partial charge in [0.1, 0.15) is 0 Å². The summed E-state index contributed by atoms with van der Waals surface area (Å²) in [5, 5.41) is 15.2. The van der Waals surface area contributed by atoms with Crippen LogP contribution in [0.15, 0.2) is 60.8 Å². The lowest BCUT2D eigenvalue weighted by Gasteiger charge is -2.17. The van der Waals surface area contributed by atoms with E-state index < -0.39 is 0 Å². The van der Waals surface area contributed by atoms with Crippen molar-refractivity contribution in [2.45, 2.75) is 18.8 Å². The molecule has 0 fully saturated rings. The molecule has 0 saturated heterocycles. The molecule has 4 rings (SSSR count). The van der Waals surface area contributed by atoms with E-state index in [-0.39, 0.29) is 18.2 Å². The predicted octanol–water partition coefficient (Wildman–Crippen LogP) is 2.62. The molecule has 0 spiro atoms. The molecule has 0 aliphatic carbocycles. The summed E-state index contributed by atoms with van der Waals surface area (Å²) < 4.78 is 0. The number of hydrogen-bond acceptors (Lipinski definition) is 5. The summed E-state index contributed by atoms with van der Waals surface area (Å²) in [5.41, 5.74) is 9.46. The largest absolute Gasteiger partial charge is 0.370 e. The number of carbonyl (C=O) groups excluding carboxylic acids is 1. The van der Waals surface area contributed by atoms with Crippen molar-refractivity contribution in [1.82, 2.24) is 25.6 Å². The van der Waals surface area contributed by atoms with E-state index in [0.717, 1.165) is 27.6 Å². The monoisotopic (exact) mass is 358 g/mol. The third-order valence-electron chi connectivity index (χ3n) is 4.56. The van der Waals surface area contributed by atoms with Crippen molar-refractivity contribution >= 4 is 16.8 Å². The smallest absolute Gasteiger partial charge is 0.218 e. The second-order valence-corrected chi connectivity index (χ2v) is 6.46. The van der Waals surface area contributed by atoms with Crippen LogP contribution in [0.25, 0.3) is 22.3 Å². The molecule has 0 bridgehead atoms. The summed E-state index contributed by atoms with van der Waals surface area (Å²) in [5.74, 6) is 0.155. The number of hydrogen-bond donors (Lipinski definition) is 2. The molecule has 1 unspecified atom stereocenters. The molecule has 1 amide bonds. The fraction of sp³-hybridized carbons (Fsp3) is 0.150. The maximum absolute atomic E-state index is 11.7. The SMILES string of the molecule is NC(=O)CC(Cc1ccc2ncccc2c1)c1cccc(-c2nn[nH]n2)c1. The number of aromatic amines is 1. The zero-order chi connectivity index (χ0) is 18.6. The van der Waals surface area contributed by atoms with Crippen LogP contribution in [0.3, 0.4) is 0 Å². The van der Waals surface area contributed by atoms with Crippen LogP contribution in [0.1, 0.15) is 23.5 Å². The Morgan fingerprint density at radius 2 is 2.04 bits per heavy atom. The highest BCUT2D eigenvalue weighted by molar-refractivity contribution is 5.79.